The molecule has 1 N–H and O–H groups in total. The van der Waals surface area contributed by atoms with Gasteiger partial charge in [-0.15, -0.1) is 23.1 Å². The van der Waals surface area contributed by atoms with Gasteiger partial charge in [-0.05, 0) is 17.0 Å². The molecule has 1 amide bonds. The van der Waals surface area contributed by atoms with E-state index in [1.54, 1.807) is 23.1 Å². The lowest BCUT2D eigenvalue weighted by Gasteiger charge is -2.04. The van der Waals surface area contributed by atoms with Crippen molar-refractivity contribution in [3.05, 3.63) is 58.3 Å². The SMILES string of the molecule is O=C(CSCc1ccccc1)NCc1cccs1. The summed E-state index contributed by atoms with van der Waals surface area (Å²) in [5.74, 6) is 1.50. The molecule has 0 radical (unpaired) electrons. The van der Waals surface area contributed by atoms with Crippen LogP contribution in [-0.2, 0) is 17.1 Å². The Kier molecular flexibility index (Phi) is 5.30. The zero-order valence-electron chi connectivity index (χ0n) is 9.96. The summed E-state index contributed by atoms with van der Waals surface area (Å²) >= 11 is 3.31. The van der Waals surface area contributed by atoms with E-state index >= 15 is 0 Å². The highest BCUT2D eigenvalue weighted by molar-refractivity contribution is 7.99. The molecule has 0 spiro atoms. The van der Waals surface area contributed by atoms with Gasteiger partial charge in [0.05, 0.1) is 12.3 Å². The van der Waals surface area contributed by atoms with Crippen molar-refractivity contribution in [2.45, 2.75) is 12.3 Å². The standard InChI is InChI=1S/C14H15NOS2/c16-14(15-9-13-7-4-8-18-13)11-17-10-12-5-2-1-3-6-12/h1-8H,9-11H2,(H,15,16). The average molecular weight is 277 g/mol. The van der Waals surface area contributed by atoms with Gasteiger partial charge in [-0.3, -0.25) is 4.79 Å². The topological polar surface area (TPSA) is 29.1 Å². The summed E-state index contributed by atoms with van der Waals surface area (Å²) in [6.45, 7) is 0.641. The predicted octanol–water partition coefficient (Wildman–Crippen LogP) is 3.30. The number of rotatable bonds is 6. The van der Waals surface area contributed by atoms with Crippen LogP contribution in [0, 0.1) is 0 Å². The minimum atomic E-state index is 0.101. The normalized spacial score (nSPS) is 10.2. The fourth-order valence-electron chi connectivity index (χ4n) is 1.49. The molecule has 2 aromatic rings. The average Bonchev–Trinajstić information content (AvgIpc) is 2.91. The molecular formula is C14H15NOS2. The summed E-state index contributed by atoms with van der Waals surface area (Å²) in [5.41, 5.74) is 1.26. The van der Waals surface area contributed by atoms with Gasteiger partial charge in [0.1, 0.15) is 0 Å². The molecule has 1 heterocycles. The lowest BCUT2D eigenvalue weighted by Crippen LogP contribution is -2.24. The first kappa shape index (κ1) is 13.2. The van der Waals surface area contributed by atoms with Gasteiger partial charge in [-0.1, -0.05) is 36.4 Å². The maximum Gasteiger partial charge on any atom is 0.230 e. The molecule has 0 aliphatic carbocycles. The Morgan fingerprint density at radius 1 is 1.17 bits per heavy atom. The number of carbonyl (C=O) groups is 1. The van der Waals surface area contributed by atoms with Crippen LogP contribution in [0.3, 0.4) is 0 Å². The van der Waals surface area contributed by atoms with Gasteiger partial charge >= 0.3 is 0 Å². The van der Waals surface area contributed by atoms with Crippen LogP contribution in [0.25, 0.3) is 0 Å². The molecule has 0 aliphatic heterocycles. The first-order valence-electron chi connectivity index (χ1n) is 5.75. The van der Waals surface area contributed by atoms with Crippen molar-refractivity contribution in [1.82, 2.24) is 5.32 Å². The number of thioether (sulfide) groups is 1. The second-order valence-corrected chi connectivity index (χ2v) is 5.85. The van der Waals surface area contributed by atoms with Crippen LogP contribution in [0.4, 0.5) is 0 Å². The number of benzene rings is 1. The number of carbonyl (C=O) groups excluding carboxylic acids is 1. The van der Waals surface area contributed by atoms with Crippen LogP contribution in [0.15, 0.2) is 47.8 Å². The van der Waals surface area contributed by atoms with Gasteiger partial charge in [0.25, 0.3) is 0 Å². The van der Waals surface area contributed by atoms with Crippen LogP contribution in [0.1, 0.15) is 10.4 Å². The molecule has 2 rings (SSSR count). The molecule has 4 heteroatoms. The van der Waals surface area contributed by atoms with E-state index in [4.69, 9.17) is 0 Å². The Morgan fingerprint density at radius 3 is 2.72 bits per heavy atom. The van der Waals surface area contributed by atoms with Gasteiger partial charge < -0.3 is 5.32 Å². The van der Waals surface area contributed by atoms with Crippen molar-refractivity contribution in [2.75, 3.05) is 5.75 Å². The molecule has 0 atom stereocenters. The summed E-state index contributed by atoms with van der Waals surface area (Å²) in [5, 5.41) is 4.94. The van der Waals surface area contributed by atoms with Crippen LogP contribution in [-0.4, -0.2) is 11.7 Å². The molecule has 1 aromatic carbocycles. The molecule has 0 unspecified atom stereocenters. The van der Waals surface area contributed by atoms with Crippen molar-refractivity contribution in [3.8, 4) is 0 Å². The maximum atomic E-state index is 11.6. The quantitative estimate of drug-likeness (QED) is 0.878. The molecule has 18 heavy (non-hydrogen) atoms. The Hall–Kier alpha value is -1.26. The number of hydrogen-bond donors (Lipinski definition) is 1. The first-order valence-corrected chi connectivity index (χ1v) is 7.79. The molecular weight excluding hydrogens is 262 g/mol. The van der Waals surface area contributed by atoms with E-state index in [1.165, 1.54) is 10.4 Å². The summed E-state index contributed by atoms with van der Waals surface area (Å²) in [6, 6.07) is 14.2. The molecule has 0 aliphatic rings. The Labute approximate surface area is 115 Å². The summed E-state index contributed by atoms with van der Waals surface area (Å²) in [6.07, 6.45) is 0. The van der Waals surface area contributed by atoms with Crippen LogP contribution in [0.2, 0.25) is 0 Å². The predicted molar refractivity (Wildman–Crippen MR) is 78.8 cm³/mol. The minimum Gasteiger partial charge on any atom is -0.350 e. The second-order valence-electron chi connectivity index (χ2n) is 3.83. The Bertz CT molecular complexity index is 468. The molecule has 0 saturated carbocycles. The Morgan fingerprint density at radius 2 is 2.00 bits per heavy atom. The highest BCUT2D eigenvalue weighted by atomic mass is 32.2. The van der Waals surface area contributed by atoms with Crippen molar-refractivity contribution in [2.24, 2.45) is 0 Å². The number of nitrogens with one attached hydrogen (secondary N) is 1. The lowest BCUT2D eigenvalue weighted by atomic mass is 10.2. The number of hydrogen-bond acceptors (Lipinski definition) is 3. The van der Waals surface area contributed by atoms with Gasteiger partial charge in [-0.25, -0.2) is 0 Å². The molecule has 1 aromatic heterocycles. The summed E-state index contributed by atoms with van der Waals surface area (Å²) < 4.78 is 0. The van der Waals surface area contributed by atoms with Crippen molar-refractivity contribution >= 4 is 29.0 Å². The maximum absolute atomic E-state index is 11.6. The van der Waals surface area contributed by atoms with Gasteiger partial charge in [0.15, 0.2) is 0 Å². The van der Waals surface area contributed by atoms with E-state index in [1.807, 2.05) is 35.7 Å². The fraction of sp³-hybridized carbons (Fsp3) is 0.214. The molecule has 2 nitrogen and oxygen atoms in total. The smallest absolute Gasteiger partial charge is 0.230 e. The summed E-state index contributed by atoms with van der Waals surface area (Å²) in [4.78, 5) is 12.8. The third-order valence-corrected chi connectivity index (χ3v) is 4.26. The zero-order chi connectivity index (χ0) is 12.6. The van der Waals surface area contributed by atoms with E-state index in [9.17, 15) is 4.79 Å². The Balaban J connectivity index is 1.63. The van der Waals surface area contributed by atoms with E-state index in [-0.39, 0.29) is 5.91 Å². The van der Waals surface area contributed by atoms with E-state index in [0.29, 0.717) is 12.3 Å². The zero-order valence-corrected chi connectivity index (χ0v) is 11.6. The van der Waals surface area contributed by atoms with E-state index in [0.717, 1.165) is 5.75 Å². The monoisotopic (exact) mass is 277 g/mol. The second kappa shape index (κ2) is 7.24. The van der Waals surface area contributed by atoms with Crippen molar-refractivity contribution < 1.29 is 4.79 Å². The fourth-order valence-corrected chi connectivity index (χ4v) is 2.95. The third kappa shape index (κ3) is 4.55. The highest BCUT2D eigenvalue weighted by Crippen LogP contribution is 2.11. The van der Waals surface area contributed by atoms with Crippen LogP contribution in [0.5, 0.6) is 0 Å². The van der Waals surface area contributed by atoms with Crippen LogP contribution >= 0.6 is 23.1 Å². The van der Waals surface area contributed by atoms with Crippen LogP contribution < -0.4 is 5.32 Å². The molecule has 0 saturated heterocycles. The van der Waals surface area contributed by atoms with Gasteiger partial charge in [0.2, 0.25) is 5.91 Å². The third-order valence-electron chi connectivity index (χ3n) is 2.38. The lowest BCUT2D eigenvalue weighted by molar-refractivity contribution is -0.118. The van der Waals surface area contributed by atoms with Crippen molar-refractivity contribution in [1.29, 1.82) is 0 Å². The first-order chi connectivity index (χ1) is 8.84. The molecule has 0 fully saturated rings. The van der Waals surface area contributed by atoms with Crippen molar-refractivity contribution in [3.63, 3.8) is 0 Å². The van der Waals surface area contributed by atoms with E-state index in [2.05, 4.69) is 17.4 Å². The van der Waals surface area contributed by atoms with Gasteiger partial charge in [-0.2, -0.15) is 0 Å². The molecule has 94 valence electrons. The summed E-state index contributed by atoms with van der Waals surface area (Å²) in [7, 11) is 0. The highest BCUT2D eigenvalue weighted by Gasteiger charge is 2.02. The molecule has 0 bridgehead atoms. The largest absolute Gasteiger partial charge is 0.350 e. The van der Waals surface area contributed by atoms with E-state index < -0.39 is 0 Å². The van der Waals surface area contributed by atoms with Gasteiger partial charge in [0, 0.05) is 10.6 Å². The number of amides is 1. The number of thiophene rings is 1. The minimum absolute atomic E-state index is 0.101.